The molecular formula is C15H24N2. The first kappa shape index (κ1) is 12.6. The van der Waals surface area contributed by atoms with Gasteiger partial charge in [-0.1, -0.05) is 6.07 Å². The van der Waals surface area contributed by atoms with Crippen molar-refractivity contribution in [1.29, 1.82) is 0 Å². The summed E-state index contributed by atoms with van der Waals surface area (Å²) >= 11 is 0. The van der Waals surface area contributed by atoms with E-state index in [0.29, 0.717) is 0 Å². The molecular weight excluding hydrogens is 208 g/mol. The van der Waals surface area contributed by atoms with Crippen LogP contribution in [0.1, 0.15) is 39.3 Å². The van der Waals surface area contributed by atoms with Crippen LogP contribution in [0.2, 0.25) is 0 Å². The maximum atomic E-state index is 4.42. The van der Waals surface area contributed by atoms with E-state index in [9.17, 15) is 0 Å². The lowest BCUT2D eigenvalue weighted by molar-refractivity contribution is 0.158. The van der Waals surface area contributed by atoms with Crippen LogP contribution in [0.25, 0.3) is 0 Å². The zero-order chi connectivity index (χ0) is 12.3. The van der Waals surface area contributed by atoms with E-state index in [4.69, 9.17) is 0 Å². The van der Waals surface area contributed by atoms with Crippen molar-refractivity contribution in [2.24, 2.45) is 11.8 Å². The molecule has 1 aliphatic rings. The van der Waals surface area contributed by atoms with Crippen LogP contribution in [0.5, 0.6) is 0 Å². The molecule has 0 aromatic carbocycles. The molecule has 1 fully saturated rings. The van der Waals surface area contributed by atoms with Gasteiger partial charge in [-0.15, -0.1) is 0 Å². The minimum absolute atomic E-state index is 0.241. The normalized spacial score (nSPS) is 24.4. The molecule has 0 amide bonds. The van der Waals surface area contributed by atoms with Gasteiger partial charge in [0.05, 0.1) is 0 Å². The van der Waals surface area contributed by atoms with Gasteiger partial charge in [0.2, 0.25) is 0 Å². The lowest BCUT2D eigenvalue weighted by atomic mass is 9.71. The maximum Gasteiger partial charge on any atom is 0.0406 e. The zero-order valence-corrected chi connectivity index (χ0v) is 11.2. The van der Waals surface area contributed by atoms with E-state index in [1.165, 1.54) is 18.5 Å². The summed E-state index contributed by atoms with van der Waals surface area (Å²) in [4.78, 5) is 4.42. The third-order valence-corrected chi connectivity index (χ3v) is 3.67. The van der Waals surface area contributed by atoms with Crippen molar-refractivity contribution in [3.8, 4) is 0 Å². The van der Waals surface area contributed by atoms with Gasteiger partial charge in [-0.2, -0.15) is 0 Å². The second kappa shape index (κ2) is 5.18. The van der Waals surface area contributed by atoms with Crippen LogP contribution in [-0.4, -0.2) is 17.1 Å². The Labute approximate surface area is 105 Å². The Hall–Kier alpha value is -0.890. The molecule has 0 spiro atoms. The number of nitrogens with zero attached hydrogens (tertiary/aromatic N) is 1. The summed E-state index contributed by atoms with van der Waals surface area (Å²) in [5, 5.41) is 3.62. The summed E-state index contributed by atoms with van der Waals surface area (Å²) in [5.74, 6) is 1.68. The SMILES string of the molecule is CC(C)(C)NCC1CCC1Cc1ccccn1. The van der Waals surface area contributed by atoms with Crippen LogP contribution < -0.4 is 5.32 Å². The molecule has 0 aliphatic heterocycles. The van der Waals surface area contributed by atoms with Crippen LogP contribution >= 0.6 is 0 Å². The van der Waals surface area contributed by atoms with Crippen molar-refractivity contribution in [2.45, 2.75) is 45.6 Å². The topological polar surface area (TPSA) is 24.9 Å². The summed E-state index contributed by atoms with van der Waals surface area (Å²) in [6.45, 7) is 7.86. The molecule has 0 saturated heterocycles. The van der Waals surface area contributed by atoms with Gasteiger partial charge in [-0.05, 0) is 70.5 Å². The molecule has 2 atom stereocenters. The van der Waals surface area contributed by atoms with Crippen LogP contribution in [0.15, 0.2) is 24.4 Å². The molecule has 2 heteroatoms. The third kappa shape index (κ3) is 3.81. The van der Waals surface area contributed by atoms with E-state index in [2.05, 4.69) is 43.2 Å². The standard InChI is InChI=1S/C15H24N2/c1-15(2,3)17-11-13-8-7-12(13)10-14-6-4-5-9-16-14/h4-6,9,12-13,17H,7-8,10-11H2,1-3H3. The number of hydrogen-bond donors (Lipinski definition) is 1. The molecule has 1 aromatic rings. The van der Waals surface area contributed by atoms with Crippen molar-refractivity contribution in [1.82, 2.24) is 10.3 Å². The highest BCUT2D eigenvalue weighted by Gasteiger charge is 2.31. The average Bonchev–Trinajstić information content (AvgIpc) is 2.24. The molecule has 1 aromatic heterocycles. The Morgan fingerprint density at radius 3 is 2.53 bits per heavy atom. The molecule has 1 heterocycles. The minimum atomic E-state index is 0.241. The maximum absolute atomic E-state index is 4.42. The third-order valence-electron chi connectivity index (χ3n) is 3.67. The molecule has 2 nitrogen and oxygen atoms in total. The van der Waals surface area contributed by atoms with Crippen molar-refractivity contribution in [2.75, 3.05) is 6.54 Å². The lowest BCUT2D eigenvalue weighted by Gasteiger charge is -2.38. The van der Waals surface area contributed by atoms with Gasteiger partial charge in [0.25, 0.3) is 0 Å². The first-order valence-corrected chi connectivity index (χ1v) is 6.69. The Bertz CT molecular complexity index is 340. The fraction of sp³-hybridized carbons (Fsp3) is 0.667. The van der Waals surface area contributed by atoms with E-state index in [0.717, 1.165) is 24.8 Å². The smallest absolute Gasteiger partial charge is 0.0406 e. The molecule has 94 valence electrons. The Morgan fingerprint density at radius 1 is 1.24 bits per heavy atom. The molecule has 1 N–H and O–H groups in total. The summed E-state index contributed by atoms with van der Waals surface area (Å²) < 4.78 is 0. The predicted octanol–water partition coefficient (Wildman–Crippen LogP) is 3.04. The van der Waals surface area contributed by atoms with Crippen molar-refractivity contribution in [3.63, 3.8) is 0 Å². The number of pyridine rings is 1. The van der Waals surface area contributed by atoms with Crippen molar-refractivity contribution < 1.29 is 0 Å². The number of aromatic nitrogens is 1. The van der Waals surface area contributed by atoms with Crippen LogP contribution in [0.3, 0.4) is 0 Å². The van der Waals surface area contributed by atoms with Gasteiger partial charge in [0.1, 0.15) is 0 Å². The van der Waals surface area contributed by atoms with Gasteiger partial charge in [0, 0.05) is 17.4 Å². The molecule has 17 heavy (non-hydrogen) atoms. The Balaban J connectivity index is 1.79. The lowest BCUT2D eigenvalue weighted by Crippen LogP contribution is -2.44. The summed E-state index contributed by atoms with van der Waals surface area (Å²) in [7, 11) is 0. The molecule has 2 unspecified atom stereocenters. The predicted molar refractivity (Wildman–Crippen MR) is 71.9 cm³/mol. The molecule has 2 rings (SSSR count). The van der Waals surface area contributed by atoms with Gasteiger partial charge in [-0.25, -0.2) is 0 Å². The van der Waals surface area contributed by atoms with Crippen LogP contribution in [0.4, 0.5) is 0 Å². The second-order valence-electron chi connectivity index (χ2n) is 6.25. The quantitative estimate of drug-likeness (QED) is 0.863. The van der Waals surface area contributed by atoms with E-state index < -0.39 is 0 Å². The molecule has 0 radical (unpaired) electrons. The highest BCUT2D eigenvalue weighted by molar-refractivity contribution is 5.06. The van der Waals surface area contributed by atoms with Crippen LogP contribution in [0, 0.1) is 11.8 Å². The summed E-state index contributed by atoms with van der Waals surface area (Å²) in [5.41, 5.74) is 1.49. The largest absolute Gasteiger partial charge is 0.312 e. The van der Waals surface area contributed by atoms with Gasteiger partial charge < -0.3 is 5.32 Å². The molecule has 1 saturated carbocycles. The second-order valence-corrected chi connectivity index (χ2v) is 6.25. The van der Waals surface area contributed by atoms with Gasteiger partial charge in [0.15, 0.2) is 0 Å². The summed E-state index contributed by atoms with van der Waals surface area (Å²) in [6.07, 6.45) is 5.79. The van der Waals surface area contributed by atoms with E-state index in [1.54, 1.807) is 0 Å². The highest BCUT2D eigenvalue weighted by atomic mass is 14.9. The average molecular weight is 232 g/mol. The first-order valence-electron chi connectivity index (χ1n) is 6.69. The molecule has 1 aliphatic carbocycles. The van der Waals surface area contributed by atoms with Gasteiger partial charge in [-0.3, -0.25) is 4.98 Å². The Kier molecular flexibility index (Phi) is 3.82. The van der Waals surface area contributed by atoms with E-state index in [1.807, 2.05) is 12.3 Å². The first-order chi connectivity index (χ1) is 8.04. The highest BCUT2D eigenvalue weighted by Crippen LogP contribution is 2.36. The number of hydrogen-bond acceptors (Lipinski definition) is 2. The van der Waals surface area contributed by atoms with Gasteiger partial charge >= 0.3 is 0 Å². The van der Waals surface area contributed by atoms with Crippen LogP contribution in [-0.2, 0) is 6.42 Å². The number of rotatable bonds is 4. The fourth-order valence-electron chi connectivity index (χ4n) is 2.40. The monoisotopic (exact) mass is 232 g/mol. The van der Waals surface area contributed by atoms with Crippen molar-refractivity contribution >= 4 is 0 Å². The fourth-order valence-corrected chi connectivity index (χ4v) is 2.40. The Morgan fingerprint density at radius 2 is 2.00 bits per heavy atom. The van der Waals surface area contributed by atoms with E-state index >= 15 is 0 Å². The van der Waals surface area contributed by atoms with Crippen molar-refractivity contribution in [3.05, 3.63) is 30.1 Å². The minimum Gasteiger partial charge on any atom is -0.312 e. The summed E-state index contributed by atoms with van der Waals surface area (Å²) in [6, 6.07) is 6.22. The molecule has 0 bridgehead atoms. The number of nitrogens with one attached hydrogen (secondary N) is 1. The zero-order valence-electron chi connectivity index (χ0n) is 11.2. The van der Waals surface area contributed by atoms with E-state index in [-0.39, 0.29) is 5.54 Å².